The van der Waals surface area contributed by atoms with Crippen molar-refractivity contribution in [3.63, 3.8) is 0 Å². The Bertz CT molecular complexity index is 363. The molecule has 2 aliphatic carbocycles. The molecule has 120 valence electrons. The molecule has 0 bridgehead atoms. The van der Waals surface area contributed by atoms with E-state index in [-0.39, 0.29) is 31.3 Å². The number of carboxylic acids is 1. The Hall–Kier alpha value is -1.30. The number of urea groups is 1. The fourth-order valence-corrected chi connectivity index (χ4v) is 3.64. The minimum atomic E-state index is -0.967. The van der Waals surface area contributed by atoms with E-state index in [0.29, 0.717) is 6.54 Å². The first kappa shape index (κ1) is 16.1. The van der Waals surface area contributed by atoms with Crippen LogP contribution in [0.2, 0.25) is 0 Å². The van der Waals surface area contributed by atoms with Crippen molar-refractivity contribution in [3.05, 3.63) is 0 Å². The quantitative estimate of drug-likeness (QED) is 0.781. The molecule has 0 spiro atoms. The summed E-state index contributed by atoms with van der Waals surface area (Å²) in [4.78, 5) is 27.2. The predicted molar refractivity (Wildman–Crippen MR) is 78.0 cm³/mol. The van der Waals surface area contributed by atoms with E-state index < -0.39 is 5.97 Å². The van der Waals surface area contributed by atoms with Crippen LogP contribution in [0.3, 0.4) is 0 Å². The van der Waals surface area contributed by atoms with Gasteiger partial charge in [-0.1, -0.05) is 25.7 Å². The molecule has 0 aromatic rings. The molecule has 0 aromatic heterocycles. The van der Waals surface area contributed by atoms with Gasteiger partial charge in [0, 0.05) is 18.6 Å². The second-order valence-corrected chi connectivity index (χ2v) is 6.10. The zero-order valence-electron chi connectivity index (χ0n) is 12.5. The molecule has 0 unspecified atom stereocenters. The molecule has 2 rings (SSSR count). The van der Waals surface area contributed by atoms with E-state index in [2.05, 4.69) is 0 Å². The molecule has 2 saturated carbocycles. The van der Waals surface area contributed by atoms with Crippen molar-refractivity contribution in [2.45, 2.75) is 63.5 Å². The molecular weight excluding hydrogens is 272 g/mol. The summed E-state index contributed by atoms with van der Waals surface area (Å²) in [6.45, 7) is -0.0156. The van der Waals surface area contributed by atoms with E-state index >= 15 is 0 Å². The first-order valence-corrected chi connectivity index (χ1v) is 8.03. The van der Waals surface area contributed by atoms with Gasteiger partial charge in [0.15, 0.2) is 0 Å². The van der Waals surface area contributed by atoms with Crippen LogP contribution in [-0.4, -0.2) is 63.8 Å². The van der Waals surface area contributed by atoms with Gasteiger partial charge in [-0.3, -0.25) is 4.79 Å². The van der Waals surface area contributed by atoms with E-state index in [1.807, 2.05) is 0 Å². The van der Waals surface area contributed by atoms with Crippen molar-refractivity contribution in [2.24, 2.45) is 0 Å². The topological polar surface area (TPSA) is 81.1 Å². The summed E-state index contributed by atoms with van der Waals surface area (Å²) in [6.07, 6.45) is 7.99. The zero-order valence-corrected chi connectivity index (χ0v) is 12.5. The Morgan fingerprint density at radius 3 is 1.81 bits per heavy atom. The normalized spacial score (nSPS) is 19.9. The Balaban J connectivity index is 2.10. The molecule has 6 nitrogen and oxygen atoms in total. The Labute approximate surface area is 125 Å². The second kappa shape index (κ2) is 7.64. The van der Waals surface area contributed by atoms with E-state index in [1.165, 1.54) is 4.90 Å². The average molecular weight is 298 g/mol. The summed E-state index contributed by atoms with van der Waals surface area (Å²) in [5, 5.41) is 18.4. The van der Waals surface area contributed by atoms with Gasteiger partial charge in [-0.15, -0.1) is 0 Å². The molecule has 0 aromatic carbocycles. The maximum atomic E-state index is 12.8. The van der Waals surface area contributed by atoms with Crippen molar-refractivity contribution < 1.29 is 19.8 Å². The van der Waals surface area contributed by atoms with Crippen LogP contribution in [0.25, 0.3) is 0 Å². The lowest BCUT2D eigenvalue weighted by Crippen LogP contribution is -2.53. The summed E-state index contributed by atoms with van der Waals surface area (Å²) in [5.74, 6) is -0.967. The summed E-state index contributed by atoms with van der Waals surface area (Å²) < 4.78 is 0. The van der Waals surface area contributed by atoms with Crippen molar-refractivity contribution in [1.82, 2.24) is 9.80 Å². The van der Waals surface area contributed by atoms with Gasteiger partial charge < -0.3 is 20.0 Å². The van der Waals surface area contributed by atoms with Gasteiger partial charge in [0.05, 0.1) is 6.61 Å². The fraction of sp³-hybridized carbons (Fsp3) is 0.867. The summed E-state index contributed by atoms with van der Waals surface area (Å²) in [6, 6.07) is -0.0104. The molecule has 2 amide bonds. The number of aliphatic hydroxyl groups excluding tert-OH is 1. The third-order valence-corrected chi connectivity index (χ3v) is 4.67. The van der Waals surface area contributed by atoms with Crippen LogP contribution >= 0.6 is 0 Å². The van der Waals surface area contributed by atoms with Crippen LogP contribution in [0.4, 0.5) is 4.79 Å². The summed E-state index contributed by atoms with van der Waals surface area (Å²) in [5.41, 5.74) is 0. The highest BCUT2D eigenvalue weighted by atomic mass is 16.4. The third-order valence-electron chi connectivity index (χ3n) is 4.67. The SMILES string of the molecule is O=C(O)CN(C(=O)N(CCO)C1CCCC1)C1CCCC1. The van der Waals surface area contributed by atoms with E-state index in [9.17, 15) is 14.7 Å². The highest BCUT2D eigenvalue weighted by molar-refractivity contribution is 5.80. The number of carbonyl (C=O) groups excluding carboxylic acids is 1. The number of hydrogen-bond acceptors (Lipinski definition) is 3. The lowest BCUT2D eigenvalue weighted by atomic mass is 10.2. The minimum Gasteiger partial charge on any atom is -0.480 e. The van der Waals surface area contributed by atoms with Gasteiger partial charge in [0.1, 0.15) is 6.54 Å². The lowest BCUT2D eigenvalue weighted by molar-refractivity contribution is -0.138. The number of amides is 2. The number of aliphatic carboxylic acids is 1. The number of carboxylic acid groups (broad SMARTS) is 1. The van der Waals surface area contributed by atoms with Gasteiger partial charge in [0.25, 0.3) is 0 Å². The van der Waals surface area contributed by atoms with Gasteiger partial charge in [-0.05, 0) is 25.7 Å². The van der Waals surface area contributed by atoms with Crippen LogP contribution in [0.1, 0.15) is 51.4 Å². The van der Waals surface area contributed by atoms with Crippen molar-refractivity contribution in [2.75, 3.05) is 19.7 Å². The first-order valence-electron chi connectivity index (χ1n) is 8.03. The molecule has 0 atom stereocenters. The smallest absolute Gasteiger partial charge is 0.323 e. The third kappa shape index (κ3) is 4.09. The molecule has 2 fully saturated rings. The maximum absolute atomic E-state index is 12.8. The number of hydrogen-bond donors (Lipinski definition) is 2. The van der Waals surface area contributed by atoms with Crippen LogP contribution in [-0.2, 0) is 4.79 Å². The van der Waals surface area contributed by atoms with E-state index in [0.717, 1.165) is 51.4 Å². The molecule has 0 radical (unpaired) electrons. The van der Waals surface area contributed by atoms with Gasteiger partial charge >= 0.3 is 12.0 Å². The second-order valence-electron chi connectivity index (χ2n) is 6.10. The van der Waals surface area contributed by atoms with Crippen LogP contribution < -0.4 is 0 Å². The van der Waals surface area contributed by atoms with Crippen LogP contribution in [0.5, 0.6) is 0 Å². The largest absolute Gasteiger partial charge is 0.480 e. The lowest BCUT2D eigenvalue weighted by Gasteiger charge is -2.36. The van der Waals surface area contributed by atoms with E-state index in [4.69, 9.17) is 5.11 Å². The first-order chi connectivity index (χ1) is 10.1. The monoisotopic (exact) mass is 298 g/mol. The molecule has 2 aliphatic rings. The van der Waals surface area contributed by atoms with Gasteiger partial charge in [-0.25, -0.2) is 4.79 Å². The highest BCUT2D eigenvalue weighted by Gasteiger charge is 2.34. The number of nitrogens with zero attached hydrogens (tertiary/aromatic N) is 2. The highest BCUT2D eigenvalue weighted by Crippen LogP contribution is 2.28. The Morgan fingerprint density at radius 1 is 0.905 bits per heavy atom. The van der Waals surface area contributed by atoms with Gasteiger partial charge in [-0.2, -0.15) is 0 Å². The van der Waals surface area contributed by atoms with Crippen LogP contribution in [0, 0.1) is 0 Å². The van der Waals surface area contributed by atoms with Crippen molar-refractivity contribution in [1.29, 1.82) is 0 Å². The minimum absolute atomic E-state index is 0.0381. The fourth-order valence-electron chi connectivity index (χ4n) is 3.64. The molecule has 2 N–H and O–H groups in total. The number of aliphatic hydroxyl groups is 1. The molecule has 0 saturated heterocycles. The standard InChI is InChI=1S/C15H26N2O4/c18-10-9-16(12-5-1-2-6-12)15(21)17(11-14(19)20)13-7-3-4-8-13/h12-13,18H,1-11H2,(H,19,20). The Morgan fingerprint density at radius 2 is 1.38 bits per heavy atom. The van der Waals surface area contributed by atoms with Gasteiger partial charge in [0.2, 0.25) is 0 Å². The predicted octanol–water partition coefficient (Wildman–Crippen LogP) is 1.67. The molecule has 0 heterocycles. The number of carbonyl (C=O) groups is 2. The molecule has 0 aliphatic heterocycles. The Kier molecular flexibility index (Phi) is 5.85. The number of rotatable bonds is 6. The summed E-state index contributed by atoms with van der Waals surface area (Å²) in [7, 11) is 0. The summed E-state index contributed by atoms with van der Waals surface area (Å²) >= 11 is 0. The van der Waals surface area contributed by atoms with Crippen molar-refractivity contribution >= 4 is 12.0 Å². The zero-order chi connectivity index (χ0) is 15.2. The molecular formula is C15H26N2O4. The van der Waals surface area contributed by atoms with E-state index in [1.54, 1.807) is 4.90 Å². The molecule has 21 heavy (non-hydrogen) atoms. The van der Waals surface area contributed by atoms with Crippen molar-refractivity contribution in [3.8, 4) is 0 Å². The average Bonchev–Trinajstić information content (AvgIpc) is 3.13. The molecule has 6 heteroatoms. The van der Waals surface area contributed by atoms with Crippen LogP contribution in [0.15, 0.2) is 0 Å². The maximum Gasteiger partial charge on any atom is 0.323 e.